The summed E-state index contributed by atoms with van der Waals surface area (Å²) in [7, 11) is 0. The highest BCUT2D eigenvalue weighted by Crippen LogP contribution is 2.32. The lowest BCUT2D eigenvalue weighted by Gasteiger charge is -2.19. The number of ether oxygens (including phenoxy) is 2. The largest absolute Gasteiger partial charge is 0.482 e. The molecule has 0 saturated carbocycles. The van der Waals surface area contributed by atoms with Crippen molar-refractivity contribution in [1.82, 2.24) is 9.97 Å². The van der Waals surface area contributed by atoms with Gasteiger partial charge in [-0.1, -0.05) is 90.5 Å². The fourth-order valence-corrected chi connectivity index (χ4v) is 3.60. The summed E-state index contributed by atoms with van der Waals surface area (Å²) < 4.78 is 12.3. The lowest BCUT2D eigenvalue weighted by atomic mass is 9.94. The maximum atomic E-state index is 10.1. The van der Waals surface area contributed by atoms with E-state index in [9.17, 15) is 5.11 Å². The van der Waals surface area contributed by atoms with Crippen molar-refractivity contribution >= 4 is 0 Å². The zero-order valence-corrected chi connectivity index (χ0v) is 18.7. The van der Waals surface area contributed by atoms with Gasteiger partial charge >= 0.3 is 0 Å². The molecule has 1 aromatic heterocycles. The van der Waals surface area contributed by atoms with Crippen LogP contribution in [0, 0.1) is 6.92 Å². The third kappa shape index (κ3) is 6.18. The Morgan fingerprint density at radius 2 is 1.36 bits per heavy atom. The number of aryl methyl sites for hydroxylation is 1. The fraction of sp³-hybridized carbons (Fsp3) is 0.214. The van der Waals surface area contributed by atoms with Crippen LogP contribution < -0.4 is 9.47 Å². The van der Waals surface area contributed by atoms with Crippen LogP contribution in [-0.2, 0) is 19.6 Å². The summed E-state index contributed by atoms with van der Waals surface area (Å²) in [6.07, 6.45) is 2.00. The molecule has 0 fully saturated rings. The smallest absolute Gasteiger partial charge is 0.260 e. The number of rotatable bonds is 10. The van der Waals surface area contributed by atoms with E-state index in [0.717, 1.165) is 16.7 Å². The predicted molar refractivity (Wildman–Crippen MR) is 128 cm³/mol. The van der Waals surface area contributed by atoms with Crippen LogP contribution in [0.4, 0.5) is 0 Å². The maximum Gasteiger partial charge on any atom is 0.260 e. The summed E-state index contributed by atoms with van der Waals surface area (Å²) in [5, 5.41) is 10.1. The Kier molecular flexibility index (Phi) is 7.67. The predicted octanol–water partition coefficient (Wildman–Crippen LogP) is 5.26. The molecule has 0 amide bonds. The summed E-state index contributed by atoms with van der Waals surface area (Å²) in [4.78, 5) is 8.87. The van der Waals surface area contributed by atoms with Gasteiger partial charge in [0.15, 0.2) is 0 Å². The molecule has 5 nitrogen and oxygen atoms in total. The molecule has 0 bridgehead atoms. The van der Waals surface area contributed by atoms with Crippen molar-refractivity contribution in [2.24, 2.45) is 0 Å². The third-order valence-corrected chi connectivity index (χ3v) is 5.50. The fourth-order valence-electron chi connectivity index (χ4n) is 3.60. The maximum absolute atomic E-state index is 10.1. The van der Waals surface area contributed by atoms with Crippen molar-refractivity contribution in [1.29, 1.82) is 0 Å². The molecule has 3 aromatic carbocycles. The molecule has 0 spiro atoms. The van der Waals surface area contributed by atoms with Crippen molar-refractivity contribution < 1.29 is 14.6 Å². The molecule has 0 saturated heterocycles. The van der Waals surface area contributed by atoms with Gasteiger partial charge in [0.1, 0.15) is 19.5 Å². The topological polar surface area (TPSA) is 64.5 Å². The lowest BCUT2D eigenvalue weighted by molar-refractivity contribution is 0.238. The molecular formula is C28H28N2O3. The van der Waals surface area contributed by atoms with Crippen molar-refractivity contribution in [2.45, 2.75) is 32.5 Å². The number of benzene rings is 3. The van der Waals surface area contributed by atoms with Crippen molar-refractivity contribution in [3.63, 3.8) is 0 Å². The number of hydrogen-bond donors (Lipinski definition) is 1. The number of aliphatic hydroxyl groups is 1. The second-order valence-electron chi connectivity index (χ2n) is 8.00. The van der Waals surface area contributed by atoms with Crippen molar-refractivity contribution in [3.8, 4) is 11.6 Å². The van der Waals surface area contributed by atoms with Gasteiger partial charge in [-0.15, -0.1) is 0 Å². The lowest BCUT2D eigenvalue weighted by Crippen LogP contribution is -2.12. The van der Waals surface area contributed by atoms with Crippen LogP contribution in [-0.4, -0.2) is 21.7 Å². The highest BCUT2D eigenvalue weighted by atomic mass is 16.5. The monoisotopic (exact) mass is 440 g/mol. The molecule has 1 atom stereocenters. The number of hydrogen-bond acceptors (Lipinski definition) is 5. The average Bonchev–Trinajstić information content (AvgIpc) is 2.87. The van der Waals surface area contributed by atoms with Gasteiger partial charge in [-0.3, -0.25) is 0 Å². The second kappa shape index (κ2) is 11.2. The quantitative estimate of drug-likeness (QED) is 0.364. The van der Waals surface area contributed by atoms with Gasteiger partial charge in [0, 0.05) is 12.3 Å². The van der Waals surface area contributed by atoms with Gasteiger partial charge < -0.3 is 14.6 Å². The van der Waals surface area contributed by atoms with E-state index >= 15 is 0 Å². The summed E-state index contributed by atoms with van der Waals surface area (Å²) in [6.45, 7) is 2.80. The molecule has 1 N–H and O–H groups in total. The van der Waals surface area contributed by atoms with Gasteiger partial charge in [-0.2, -0.15) is 4.98 Å². The van der Waals surface area contributed by atoms with Crippen LogP contribution >= 0.6 is 0 Å². The van der Waals surface area contributed by atoms with Crippen molar-refractivity contribution in [3.05, 3.63) is 119 Å². The Hall–Kier alpha value is -3.70. The first-order valence-corrected chi connectivity index (χ1v) is 11.1. The average molecular weight is 441 g/mol. The van der Waals surface area contributed by atoms with E-state index in [-0.39, 0.29) is 12.5 Å². The van der Waals surface area contributed by atoms with Crippen LogP contribution in [0.5, 0.6) is 11.6 Å². The van der Waals surface area contributed by atoms with Crippen LogP contribution in [0.2, 0.25) is 0 Å². The molecule has 33 heavy (non-hydrogen) atoms. The molecule has 0 aliphatic rings. The molecule has 168 valence electrons. The molecule has 1 heterocycles. The Morgan fingerprint density at radius 1 is 0.758 bits per heavy atom. The van der Waals surface area contributed by atoms with Crippen molar-refractivity contribution in [2.75, 3.05) is 6.61 Å². The van der Waals surface area contributed by atoms with Gasteiger partial charge in [0.2, 0.25) is 5.75 Å². The normalized spacial score (nSPS) is 11.7. The zero-order valence-electron chi connectivity index (χ0n) is 18.7. The molecule has 4 aromatic rings. The zero-order chi connectivity index (χ0) is 22.9. The molecular weight excluding hydrogens is 412 g/mol. The summed E-state index contributed by atoms with van der Waals surface area (Å²) >= 11 is 0. The molecule has 0 radical (unpaired) electrons. The second-order valence-corrected chi connectivity index (χ2v) is 8.00. The molecule has 4 rings (SSSR count). The summed E-state index contributed by atoms with van der Waals surface area (Å²) in [5.74, 6) is 0.810. The first-order chi connectivity index (χ1) is 16.2. The van der Waals surface area contributed by atoms with E-state index in [4.69, 9.17) is 9.47 Å². The van der Waals surface area contributed by atoms with Gasteiger partial charge in [-0.25, -0.2) is 4.98 Å². The van der Waals surface area contributed by atoms with E-state index in [1.807, 2.05) is 67.6 Å². The van der Waals surface area contributed by atoms with E-state index < -0.39 is 0 Å². The summed E-state index contributed by atoms with van der Waals surface area (Å²) in [6, 6.07) is 28.1. The van der Waals surface area contributed by atoms with Gasteiger partial charge in [0.25, 0.3) is 5.88 Å². The highest BCUT2D eigenvalue weighted by molar-refractivity contribution is 5.39. The van der Waals surface area contributed by atoms with Crippen LogP contribution in [0.25, 0.3) is 0 Å². The third-order valence-electron chi connectivity index (χ3n) is 5.50. The Balaban J connectivity index is 1.60. The first kappa shape index (κ1) is 22.5. The minimum Gasteiger partial charge on any atom is -0.482 e. The van der Waals surface area contributed by atoms with Crippen LogP contribution in [0.1, 0.15) is 33.9 Å². The molecule has 0 unspecified atom stereocenters. The SMILES string of the molecule is Cc1ccc([C@@H](CO)Cc2ncnc(OCc3ccccc3)c2OCc2ccccc2)cc1. The minimum atomic E-state index is -0.110. The van der Waals surface area contributed by atoms with E-state index in [2.05, 4.69) is 34.2 Å². The number of nitrogens with zero attached hydrogens (tertiary/aromatic N) is 2. The van der Waals surface area contributed by atoms with Gasteiger partial charge in [-0.05, 0) is 23.6 Å². The van der Waals surface area contributed by atoms with Crippen LogP contribution in [0.3, 0.4) is 0 Å². The van der Waals surface area contributed by atoms with E-state index in [1.165, 1.54) is 11.9 Å². The number of aromatic nitrogens is 2. The summed E-state index contributed by atoms with van der Waals surface area (Å²) in [5.41, 5.74) is 5.03. The highest BCUT2D eigenvalue weighted by Gasteiger charge is 2.20. The van der Waals surface area contributed by atoms with Crippen LogP contribution in [0.15, 0.2) is 91.3 Å². The minimum absolute atomic E-state index is 0.00535. The Labute approximate surface area is 194 Å². The van der Waals surface area contributed by atoms with E-state index in [0.29, 0.717) is 37.0 Å². The standard InChI is InChI=1S/C28H28N2O3/c1-21-12-14-24(15-13-21)25(17-31)16-26-27(32-18-22-8-4-2-5-9-22)28(30-20-29-26)33-19-23-10-6-3-7-11-23/h2-15,20,25,31H,16-19H2,1H3/t25-/m1/s1. The Morgan fingerprint density at radius 3 is 1.97 bits per heavy atom. The van der Waals surface area contributed by atoms with Gasteiger partial charge in [0.05, 0.1) is 12.3 Å². The first-order valence-electron chi connectivity index (χ1n) is 11.1. The Bertz CT molecular complexity index is 1130. The molecule has 5 heteroatoms. The number of aliphatic hydroxyl groups excluding tert-OH is 1. The molecule has 0 aliphatic carbocycles. The molecule has 0 aliphatic heterocycles. The van der Waals surface area contributed by atoms with E-state index in [1.54, 1.807) is 0 Å².